The van der Waals surface area contributed by atoms with E-state index in [-0.39, 0.29) is 6.54 Å². The number of nitrogen functional groups attached to an aromatic ring is 1. The molecule has 3 rings (SSSR count). The van der Waals surface area contributed by atoms with Gasteiger partial charge in [-0.15, -0.1) is 0 Å². The molecule has 21 heavy (non-hydrogen) atoms. The number of aryl methyl sites for hydroxylation is 1. The number of hydrogen-bond donors (Lipinski definition) is 2. The monoisotopic (exact) mass is 321 g/mol. The first-order valence-corrected chi connectivity index (χ1v) is 7.07. The van der Waals surface area contributed by atoms with E-state index in [0.717, 1.165) is 17.0 Å². The minimum Gasteiger partial charge on any atom is -0.382 e. The smallest absolute Gasteiger partial charge is 0.236 e. The lowest BCUT2D eigenvalue weighted by molar-refractivity contribution is 0.948. The Hall–Kier alpha value is -1.82. The molecule has 0 atom stereocenters. The molecule has 2 heterocycles. The van der Waals surface area contributed by atoms with Gasteiger partial charge in [0, 0.05) is 22.8 Å². The van der Waals surface area contributed by atoms with Crippen molar-refractivity contribution in [3.63, 3.8) is 0 Å². The van der Waals surface area contributed by atoms with Crippen molar-refractivity contribution in [3.8, 4) is 11.3 Å². The van der Waals surface area contributed by atoms with Gasteiger partial charge in [-0.2, -0.15) is 4.98 Å². The van der Waals surface area contributed by atoms with Gasteiger partial charge in [-0.1, -0.05) is 23.2 Å². The number of aromatic nitrogens is 3. The normalized spacial score (nSPS) is 11.2. The highest BCUT2D eigenvalue weighted by molar-refractivity contribution is 6.36. The zero-order valence-corrected chi connectivity index (χ0v) is 12.8. The summed E-state index contributed by atoms with van der Waals surface area (Å²) in [4.78, 5) is 8.64. The van der Waals surface area contributed by atoms with Gasteiger partial charge >= 0.3 is 0 Å². The molecular formula is C14H13Cl2N5. The quantitative estimate of drug-likeness (QED) is 0.760. The van der Waals surface area contributed by atoms with E-state index < -0.39 is 0 Å². The fourth-order valence-electron chi connectivity index (χ4n) is 2.33. The summed E-state index contributed by atoms with van der Waals surface area (Å²) in [5, 5.41) is 1.12. The van der Waals surface area contributed by atoms with Gasteiger partial charge in [0.2, 0.25) is 5.78 Å². The van der Waals surface area contributed by atoms with Crippen molar-refractivity contribution in [2.24, 2.45) is 5.73 Å². The average molecular weight is 322 g/mol. The number of imidazole rings is 1. The maximum Gasteiger partial charge on any atom is 0.236 e. The standard InChI is InChI=1S/C14H13Cl2N5/c1-7-4-11(9-3-2-8(15)5-10(9)16)21-12(6-17)13(18)20-14(21)19-7/h2-5H,6,17-18H2,1H3. The number of nitrogens with two attached hydrogens (primary N) is 2. The summed E-state index contributed by atoms with van der Waals surface area (Å²) >= 11 is 12.3. The third kappa shape index (κ3) is 2.33. The lowest BCUT2D eigenvalue weighted by Gasteiger charge is -2.11. The summed E-state index contributed by atoms with van der Waals surface area (Å²) in [6.45, 7) is 2.15. The van der Waals surface area contributed by atoms with Crippen molar-refractivity contribution in [1.29, 1.82) is 0 Å². The van der Waals surface area contributed by atoms with E-state index in [9.17, 15) is 0 Å². The molecule has 2 aromatic heterocycles. The molecule has 0 aliphatic carbocycles. The van der Waals surface area contributed by atoms with Crippen LogP contribution in [0.5, 0.6) is 0 Å². The van der Waals surface area contributed by atoms with Gasteiger partial charge in [-0.25, -0.2) is 4.98 Å². The van der Waals surface area contributed by atoms with E-state index in [1.807, 2.05) is 23.5 Å². The van der Waals surface area contributed by atoms with Crippen LogP contribution in [0, 0.1) is 6.92 Å². The number of hydrogen-bond acceptors (Lipinski definition) is 4. The largest absolute Gasteiger partial charge is 0.382 e. The zero-order chi connectivity index (χ0) is 15.1. The molecule has 0 radical (unpaired) electrons. The van der Waals surface area contributed by atoms with Crippen LogP contribution in [0.3, 0.4) is 0 Å². The Morgan fingerprint density at radius 2 is 1.95 bits per heavy atom. The summed E-state index contributed by atoms with van der Waals surface area (Å²) in [6.07, 6.45) is 0. The van der Waals surface area contributed by atoms with Crippen LogP contribution in [0.15, 0.2) is 24.3 Å². The summed E-state index contributed by atoms with van der Waals surface area (Å²) in [6, 6.07) is 7.26. The minimum absolute atomic E-state index is 0.260. The van der Waals surface area contributed by atoms with Crippen molar-refractivity contribution in [2.75, 3.05) is 5.73 Å². The molecule has 1 aromatic carbocycles. The predicted octanol–water partition coefficient (Wildman–Crippen LogP) is 3.05. The molecule has 108 valence electrons. The second kappa shape index (κ2) is 5.18. The third-order valence-electron chi connectivity index (χ3n) is 3.25. The van der Waals surface area contributed by atoms with E-state index in [1.165, 1.54) is 0 Å². The summed E-state index contributed by atoms with van der Waals surface area (Å²) in [7, 11) is 0. The van der Waals surface area contributed by atoms with Gasteiger partial charge in [-0.3, -0.25) is 4.40 Å². The molecule has 0 saturated carbocycles. The van der Waals surface area contributed by atoms with Crippen molar-refractivity contribution >= 4 is 34.8 Å². The van der Waals surface area contributed by atoms with Crippen LogP contribution in [0.25, 0.3) is 17.0 Å². The first-order valence-electron chi connectivity index (χ1n) is 6.31. The molecule has 0 fully saturated rings. The van der Waals surface area contributed by atoms with Crippen LogP contribution in [-0.4, -0.2) is 14.4 Å². The molecular weight excluding hydrogens is 309 g/mol. The van der Waals surface area contributed by atoms with Gasteiger partial charge < -0.3 is 11.5 Å². The molecule has 3 aromatic rings. The lowest BCUT2D eigenvalue weighted by Crippen LogP contribution is -2.07. The molecule has 4 N–H and O–H groups in total. The van der Waals surface area contributed by atoms with Gasteiger partial charge in [0.05, 0.1) is 16.4 Å². The van der Waals surface area contributed by atoms with Gasteiger partial charge in [0.1, 0.15) is 5.82 Å². The van der Waals surface area contributed by atoms with Crippen LogP contribution in [0.1, 0.15) is 11.4 Å². The van der Waals surface area contributed by atoms with Crippen LogP contribution >= 0.6 is 23.2 Å². The fourth-order valence-corrected chi connectivity index (χ4v) is 2.83. The summed E-state index contributed by atoms with van der Waals surface area (Å²) < 4.78 is 1.83. The van der Waals surface area contributed by atoms with E-state index in [1.54, 1.807) is 12.1 Å². The highest BCUT2D eigenvalue weighted by Gasteiger charge is 2.16. The van der Waals surface area contributed by atoms with Crippen LogP contribution in [0.4, 0.5) is 5.82 Å². The molecule has 0 spiro atoms. The Labute approximate surface area is 131 Å². The Balaban J connectivity index is 2.40. The molecule has 0 bridgehead atoms. The maximum atomic E-state index is 6.32. The van der Waals surface area contributed by atoms with Crippen LogP contribution in [-0.2, 0) is 6.54 Å². The maximum absolute atomic E-state index is 6.32. The van der Waals surface area contributed by atoms with Gasteiger partial charge in [0.25, 0.3) is 0 Å². The van der Waals surface area contributed by atoms with E-state index in [4.69, 9.17) is 34.7 Å². The molecule has 0 saturated heterocycles. The average Bonchev–Trinajstić information content (AvgIpc) is 2.73. The Bertz CT molecular complexity index is 841. The predicted molar refractivity (Wildman–Crippen MR) is 85.5 cm³/mol. The van der Waals surface area contributed by atoms with Crippen molar-refractivity contribution < 1.29 is 0 Å². The van der Waals surface area contributed by atoms with Gasteiger partial charge in [0.15, 0.2) is 0 Å². The minimum atomic E-state index is 0.260. The van der Waals surface area contributed by atoms with E-state index >= 15 is 0 Å². The van der Waals surface area contributed by atoms with Crippen molar-refractivity contribution in [1.82, 2.24) is 14.4 Å². The number of fused-ring (bicyclic) bond motifs is 1. The first-order chi connectivity index (χ1) is 10.0. The number of nitrogens with zero attached hydrogens (tertiary/aromatic N) is 3. The highest BCUT2D eigenvalue weighted by Crippen LogP contribution is 2.32. The second-order valence-electron chi connectivity index (χ2n) is 4.69. The Morgan fingerprint density at radius 3 is 2.62 bits per heavy atom. The SMILES string of the molecule is Cc1cc(-c2ccc(Cl)cc2Cl)n2c(CN)c(N)nc2n1. The lowest BCUT2D eigenvalue weighted by atomic mass is 10.1. The fraction of sp³-hybridized carbons (Fsp3) is 0.143. The van der Waals surface area contributed by atoms with Gasteiger partial charge in [-0.05, 0) is 31.2 Å². The Morgan fingerprint density at radius 1 is 1.19 bits per heavy atom. The van der Waals surface area contributed by atoms with E-state index in [2.05, 4.69) is 9.97 Å². The number of halogens is 2. The van der Waals surface area contributed by atoms with Crippen molar-refractivity contribution in [3.05, 3.63) is 45.7 Å². The summed E-state index contributed by atoms with van der Waals surface area (Å²) in [5.74, 6) is 0.885. The summed E-state index contributed by atoms with van der Waals surface area (Å²) in [5.41, 5.74) is 14.9. The third-order valence-corrected chi connectivity index (χ3v) is 3.80. The van der Waals surface area contributed by atoms with Crippen molar-refractivity contribution in [2.45, 2.75) is 13.5 Å². The molecule has 0 amide bonds. The molecule has 0 unspecified atom stereocenters. The molecule has 7 heteroatoms. The van der Waals surface area contributed by atoms with E-state index in [0.29, 0.717) is 27.3 Å². The first kappa shape index (κ1) is 14.1. The van der Waals surface area contributed by atoms with Crippen LogP contribution < -0.4 is 11.5 Å². The molecule has 0 aliphatic rings. The Kier molecular flexibility index (Phi) is 3.49. The molecule has 0 aliphatic heterocycles. The number of benzene rings is 1. The zero-order valence-electron chi connectivity index (χ0n) is 11.3. The van der Waals surface area contributed by atoms with Crippen LogP contribution in [0.2, 0.25) is 10.0 Å². The number of anilines is 1. The molecule has 5 nitrogen and oxygen atoms in total. The second-order valence-corrected chi connectivity index (χ2v) is 5.53. The number of rotatable bonds is 2. The highest BCUT2D eigenvalue weighted by atomic mass is 35.5. The topological polar surface area (TPSA) is 82.2 Å².